The Bertz CT molecular complexity index is 822. The molecule has 1 aliphatic rings. The van der Waals surface area contributed by atoms with Crippen LogP contribution in [0.2, 0.25) is 0 Å². The van der Waals surface area contributed by atoms with Crippen molar-refractivity contribution in [1.29, 1.82) is 0 Å². The van der Waals surface area contributed by atoms with Gasteiger partial charge in [-0.15, -0.1) is 0 Å². The van der Waals surface area contributed by atoms with Gasteiger partial charge in [0.05, 0.1) is 0 Å². The summed E-state index contributed by atoms with van der Waals surface area (Å²) < 4.78 is 5.26. The lowest BCUT2D eigenvalue weighted by atomic mass is 10.0. The molecule has 1 fully saturated rings. The van der Waals surface area contributed by atoms with Crippen LogP contribution in [0.15, 0.2) is 39.5 Å². The number of amides is 1. The van der Waals surface area contributed by atoms with Crippen molar-refractivity contribution in [3.8, 4) is 0 Å². The minimum absolute atomic E-state index is 0.0598. The summed E-state index contributed by atoms with van der Waals surface area (Å²) in [5.74, 6) is 0.0380. The zero-order chi connectivity index (χ0) is 18.7. The van der Waals surface area contributed by atoms with E-state index in [4.69, 9.17) is 4.42 Å². The van der Waals surface area contributed by atoms with Gasteiger partial charge >= 0.3 is 5.63 Å². The van der Waals surface area contributed by atoms with Crippen molar-refractivity contribution < 1.29 is 9.21 Å². The highest BCUT2D eigenvalue weighted by molar-refractivity contribution is 5.96. The summed E-state index contributed by atoms with van der Waals surface area (Å²) in [4.78, 5) is 29.5. The molecule has 2 aromatic rings. The first-order valence-corrected chi connectivity index (χ1v) is 9.19. The predicted octanol–water partition coefficient (Wildman–Crippen LogP) is 1.79. The highest BCUT2D eigenvalue weighted by Crippen LogP contribution is 2.14. The van der Waals surface area contributed by atoms with E-state index >= 15 is 0 Å². The smallest absolute Gasteiger partial charge is 0.349 e. The minimum Gasteiger partial charge on any atom is -0.422 e. The van der Waals surface area contributed by atoms with Gasteiger partial charge < -0.3 is 14.6 Å². The molecule has 1 aromatic heterocycles. The van der Waals surface area contributed by atoms with Crippen molar-refractivity contribution >= 4 is 16.9 Å². The molecule has 1 saturated heterocycles. The Kier molecular flexibility index (Phi) is 5.74. The molecule has 2 heterocycles. The third-order valence-corrected chi connectivity index (χ3v) is 5.13. The van der Waals surface area contributed by atoms with Crippen LogP contribution >= 0.6 is 0 Å². The maximum Gasteiger partial charge on any atom is 0.349 e. The average molecular weight is 357 g/mol. The number of piperazine rings is 1. The van der Waals surface area contributed by atoms with Gasteiger partial charge in [-0.3, -0.25) is 9.69 Å². The molecule has 0 saturated carbocycles. The van der Waals surface area contributed by atoms with E-state index in [0.717, 1.165) is 31.6 Å². The third kappa shape index (κ3) is 4.14. The van der Waals surface area contributed by atoms with Gasteiger partial charge in [0.25, 0.3) is 5.91 Å². The van der Waals surface area contributed by atoms with Gasteiger partial charge in [0.15, 0.2) is 0 Å². The lowest BCUT2D eigenvalue weighted by molar-refractivity contribution is 0.0789. The first kappa shape index (κ1) is 18.6. The van der Waals surface area contributed by atoms with Gasteiger partial charge in [-0.25, -0.2) is 4.79 Å². The van der Waals surface area contributed by atoms with Crippen molar-refractivity contribution in [1.82, 2.24) is 15.1 Å². The Morgan fingerprint density at radius 3 is 2.58 bits per heavy atom. The van der Waals surface area contributed by atoms with Crippen LogP contribution in [0.5, 0.6) is 0 Å². The maximum atomic E-state index is 12.6. The Morgan fingerprint density at radius 2 is 1.88 bits per heavy atom. The van der Waals surface area contributed by atoms with Crippen LogP contribution in [0.4, 0.5) is 0 Å². The molecular formula is C20H27N3O3. The van der Waals surface area contributed by atoms with Gasteiger partial charge in [-0.2, -0.15) is 0 Å². The van der Waals surface area contributed by atoms with Crippen LogP contribution in [-0.2, 0) is 0 Å². The van der Waals surface area contributed by atoms with Gasteiger partial charge in [-0.1, -0.05) is 32.0 Å². The summed E-state index contributed by atoms with van der Waals surface area (Å²) in [6.07, 6.45) is 0. The molecule has 1 unspecified atom stereocenters. The second-order valence-electron chi connectivity index (χ2n) is 7.35. The zero-order valence-electron chi connectivity index (χ0n) is 15.7. The first-order chi connectivity index (χ1) is 12.5. The topological polar surface area (TPSA) is 65.8 Å². The van der Waals surface area contributed by atoms with E-state index in [1.807, 2.05) is 12.1 Å². The lowest BCUT2D eigenvalue weighted by Crippen LogP contribution is -2.54. The van der Waals surface area contributed by atoms with Crippen LogP contribution in [0.1, 0.15) is 24.2 Å². The SMILES string of the molecule is CC(C)C(CNC(=O)c1cc2ccccc2oc1=O)N1CCN(C)CC1. The quantitative estimate of drug-likeness (QED) is 0.827. The molecule has 0 aliphatic carbocycles. The predicted molar refractivity (Wildman–Crippen MR) is 103 cm³/mol. The second kappa shape index (κ2) is 8.01. The molecule has 26 heavy (non-hydrogen) atoms. The fourth-order valence-electron chi connectivity index (χ4n) is 3.45. The normalized spacial score (nSPS) is 17.5. The van der Waals surface area contributed by atoms with Gasteiger partial charge in [-0.05, 0) is 25.1 Å². The van der Waals surface area contributed by atoms with Crippen LogP contribution < -0.4 is 10.9 Å². The molecule has 0 radical (unpaired) electrons. The summed E-state index contributed by atoms with van der Waals surface area (Å²) in [6.45, 7) is 8.91. The largest absolute Gasteiger partial charge is 0.422 e. The van der Waals surface area contributed by atoms with Crippen LogP contribution in [0.3, 0.4) is 0 Å². The average Bonchev–Trinajstić information content (AvgIpc) is 2.62. The highest BCUT2D eigenvalue weighted by Gasteiger charge is 2.26. The Morgan fingerprint density at radius 1 is 1.19 bits per heavy atom. The van der Waals surface area contributed by atoms with Crippen LogP contribution in [-0.4, -0.2) is 61.5 Å². The summed E-state index contributed by atoms with van der Waals surface area (Å²) in [7, 11) is 2.13. The van der Waals surface area contributed by atoms with Gasteiger partial charge in [0, 0.05) is 44.2 Å². The van der Waals surface area contributed by atoms with Crippen molar-refractivity contribution in [3.05, 3.63) is 46.3 Å². The molecule has 1 aromatic carbocycles. The second-order valence-corrected chi connectivity index (χ2v) is 7.35. The molecule has 1 aliphatic heterocycles. The summed E-state index contributed by atoms with van der Waals surface area (Å²) >= 11 is 0. The summed E-state index contributed by atoms with van der Waals surface area (Å²) in [5, 5.41) is 3.69. The molecule has 1 atom stereocenters. The number of fused-ring (bicyclic) bond motifs is 1. The molecule has 1 amide bonds. The monoisotopic (exact) mass is 357 g/mol. The molecular weight excluding hydrogens is 330 g/mol. The van der Waals surface area contributed by atoms with E-state index in [2.05, 4.69) is 36.0 Å². The fourth-order valence-corrected chi connectivity index (χ4v) is 3.45. The number of rotatable bonds is 5. The Labute approximate surface area is 153 Å². The Balaban J connectivity index is 1.70. The van der Waals surface area contributed by atoms with Crippen molar-refractivity contribution in [2.45, 2.75) is 19.9 Å². The maximum absolute atomic E-state index is 12.6. The molecule has 0 bridgehead atoms. The van der Waals surface area contributed by atoms with E-state index in [0.29, 0.717) is 18.0 Å². The van der Waals surface area contributed by atoms with E-state index in [1.165, 1.54) is 0 Å². The number of likely N-dealkylation sites (N-methyl/N-ethyl adjacent to an activating group) is 1. The van der Waals surface area contributed by atoms with Crippen LogP contribution in [0, 0.1) is 5.92 Å². The zero-order valence-corrected chi connectivity index (χ0v) is 15.7. The number of nitrogens with zero attached hydrogens (tertiary/aromatic N) is 2. The standard InChI is InChI=1S/C20H27N3O3/c1-14(2)17(23-10-8-22(3)9-11-23)13-21-19(24)16-12-15-6-4-5-7-18(15)26-20(16)25/h4-7,12,14,17H,8-11,13H2,1-3H3,(H,21,24). The summed E-state index contributed by atoms with van der Waals surface area (Å²) in [6, 6.07) is 9.06. The lowest BCUT2D eigenvalue weighted by Gasteiger charge is -2.39. The van der Waals surface area contributed by atoms with E-state index in [9.17, 15) is 9.59 Å². The third-order valence-electron chi connectivity index (χ3n) is 5.13. The van der Waals surface area contributed by atoms with Crippen molar-refractivity contribution in [3.63, 3.8) is 0 Å². The number of para-hydroxylation sites is 1. The number of benzene rings is 1. The number of carbonyl (C=O) groups excluding carboxylic acids is 1. The van der Waals surface area contributed by atoms with Crippen molar-refractivity contribution in [2.24, 2.45) is 5.92 Å². The van der Waals surface area contributed by atoms with Crippen molar-refractivity contribution in [2.75, 3.05) is 39.8 Å². The summed E-state index contributed by atoms with van der Waals surface area (Å²) in [5.41, 5.74) is -0.0435. The molecule has 3 rings (SSSR count). The Hall–Kier alpha value is -2.18. The molecule has 140 valence electrons. The molecule has 6 heteroatoms. The first-order valence-electron chi connectivity index (χ1n) is 9.19. The number of carbonyl (C=O) groups is 1. The van der Waals surface area contributed by atoms with E-state index < -0.39 is 5.63 Å². The van der Waals surface area contributed by atoms with Gasteiger partial charge in [0.2, 0.25) is 0 Å². The number of nitrogens with one attached hydrogen (secondary N) is 1. The van der Waals surface area contributed by atoms with Gasteiger partial charge in [0.1, 0.15) is 11.1 Å². The minimum atomic E-state index is -0.595. The molecule has 6 nitrogen and oxygen atoms in total. The van der Waals surface area contributed by atoms with Crippen LogP contribution in [0.25, 0.3) is 11.0 Å². The number of hydrogen-bond acceptors (Lipinski definition) is 5. The van der Waals surface area contributed by atoms with E-state index in [-0.39, 0.29) is 17.5 Å². The van der Waals surface area contributed by atoms with E-state index in [1.54, 1.807) is 18.2 Å². The molecule has 0 spiro atoms. The fraction of sp³-hybridized carbons (Fsp3) is 0.500. The number of hydrogen-bond donors (Lipinski definition) is 1. The highest BCUT2D eigenvalue weighted by atomic mass is 16.4. The molecule has 1 N–H and O–H groups in total.